The van der Waals surface area contributed by atoms with E-state index >= 15 is 0 Å². The summed E-state index contributed by atoms with van der Waals surface area (Å²) in [5.74, 6) is -0.415. The maximum absolute atomic E-state index is 12.0. The molecule has 8 nitrogen and oxygen atoms in total. The summed E-state index contributed by atoms with van der Waals surface area (Å²) in [4.78, 5) is 29.9. The van der Waals surface area contributed by atoms with Crippen LogP contribution in [0.3, 0.4) is 0 Å². The Kier molecular flexibility index (Phi) is 3.56. The Hall–Kier alpha value is -3.03. The largest absolute Gasteiger partial charge is 0.382 e. The van der Waals surface area contributed by atoms with E-state index in [1.54, 1.807) is 13.0 Å². The number of aromatic nitrogens is 2. The number of amides is 1. The molecule has 0 unspecified atom stereocenters. The second-order valence-corrected chi connectivity index (χ2v) is 3.99. The second-order valence-electron chi connectivity index (χ2n) is 3.99. The minimum atomic E-state index is -0.534. The molecule has 0 atom stereocenters. The number of anilines is 2. The molecule has 2 rings (SSSR count). The number of hydrogen-bond acceptors (Lipinski definition) is 6. The lowest BCUT2D eigenvalue weighted by Gasteiger charge is -2.08. The van der Waals surface area contributed by atoms with Gasteiger partial charge < -0.3 is 11.1 Å². The van der Waals surface area contributed by atoms with Gasteiger partial charge in [0.2, 0.25) is 0 Å². The van der Waals surface area contributed by atoms with Crippen LogP contribution in [0.2, 0.25) is 0 Å². The fourth-order valence-corrected chi connectivity index (χ4v) is 1.63. The summed E-state index contributed by atoms with van der Waals surface area (Å²) < 4.78 is 0. The van der Waals surface area contributed by atoms with Gasteiger partial charge >= 0.3 is 0 Å². The van der Waals surface area contributed by atoms with Gasteiger partial charge in [0, 0.05) is 6.07 Å². The van der Waals surface area contributed by atoms with Crippen molar-refractivity contribution in [3.05, 3.63) is 52.0 Å². The number of hydrogen-bond donors (Lipinski definition) is 2. The third-order valence-corrected chi connectivity index (χ3v) is 2.64. The Morgan fingerprint density at radius 3 is 2.80 bits per heavy atom. The van der Waals surface area contributed by atoms with E-state index in [-0.39, 0.29) is 17.2 Å². The van der Waals surface area contributed by atoms with Gasteiger partial charge in [-0.15, -0.1) is 0 Å². The summed E-state index contributed by atoms with van der Waals surface area (Å²) >= 11 is 0. The Labute approximate surface area is 113 Å². The van der Waals surface area contributed by atoms with Crippen LogP contribution < -0.4 is 11.1 Å². The number of nitrogens with two attached hydrogens (primary N) is 1. The van der Waals surface area contributed by atoms with E-state index in [0.29, 0.717) is 11.3 Å². The van der Waals surface area contributed by atoms with Crippen LogP contribution in [-0.4, -0.2) is 20.8 Å². The maximum Gasteiger partial charge on any atom is 0.275 e. The molecule has 0 aliphatic rings. The van der Waals surface area contributed by atoms with Gasteiger partial charge in [-0.2, -0.15) is 0 Å². The smallest absolute Gasteiger partial charge is 0.275 e. The molecule has 1 heterocycles. The first kappa shape index (κ1) is 13.4. The fraction of sp³-hybridized carbons (Fsp3) is 0.0833. The van der Waals surface area contributed by atoms with Crippen LogP contribution in [0.25, 0.3) is 0 Å². The molecule has 102 valence electrons. The number of nitro benzene ring substituents is 1. The first-order valence-corrected chi connectivity index (χ1v) is 5.62. The molecule has 0 aliphatic carbocycles. The monoisotopic (exact) mass is 273 g/mol. The Morgan fingerprint density at radius 1 is 1.40 bits per heavy atom. The molecule has 0 saturated heterocycles. The predicted octanol–water partition coefficient (Wildman–Crippen LogP) is 1.53. The average Bonchev–Trinajstić information content (AvgIpc) is 2.40. The Balaban J connectivity index is 2.29. The van der Waals surface area contributed by atoms with E-state index in [9.17, 15) is 14.9 Å². The van der Waals surface area contributed by atoms with E-state index < -0.39 is 10.8 Å². The van der Waals surface area contributed by atoms with Gasteiger partial charge in [0.05, 0.1) is 28.6 Å². The third kappa shape index (κ3) is 2.69. The summed E-state index contributed by atoms with van der Waals surface area (Å²) in [6.45, 7) is 1.55. The molecule has 20 heavy (non-hydrogen) atoms. The molecule has 1 amide bonds. The number of benzene rings is 1. The van der Waals surface area contributed by atoms with Gasteiger partial charge in [-0.25, -0.2) is 4.98 Å². The lowest BCUT2D eigenvalue weighted by molar-refractivity contribution is -0.385. The minimum absolute atomic E-state index is 0.0379. The van der Waals surface area contributed by atoms with Crippen LogP contribution in [0.4, 0.5) is 17.2 Å². The molecule has 0 fully saturated rings. The van der Waals surface area contributed by atoms with E-state index in [0.717, 1.165) is 0 Å². The molecule has 2 aromatic rings. The van der Waals surface area contributed by atoms with Gasteiger partial charge in [0.1, 0.15) is 11.5 Å². The first-order valence-electron chi connectivity index (χ1n) is 5.62. The van der Waals surface area contributed by atoms with E-state index in [2.05, 4.69) is 15.3 Å². The zero-order valence-electron chi connectivity index (χ0n) is 10.5. The topological polar surface area (TPSA) is 124 Å². The van der Waals surface area contributed by atoms with Gasteiger partial charge in [-0.05, 0) is 13.0 Å². The zero-order chi connectivity index (χ0) is 14.7. The molecule has 3 N–H and O–H groups in total. The second kappa shape index (κ2) is 5.31. The molecular formula is C12H11N5O3. The molecule has 0 bridgehead atoms. The van der Waals surface area contributed by atoms with Crippen LogP contribution in [0.5, 0.6) is 0 Å². The Bertz CT molecular complexity index is 687. The molecule has 0 spiro atoms. The van der Waals surface area contributed by atoms with Crippen LogP contribution in [0.1, 0.15) is 16.1 Å². The fourth-order valence-electron chi connectivity index (χ4n) is 1.63. The van der Waals surface area contributed by atoms with Crippen molar-refractivity contribution < 1.29 is 9.72 Å². The molecule has 0 saturated carbocycles. The van der Waals surface area contributed by atoms with Crippen molar-refractivity contribution >= 4 is 23.1 Å². The third-order valence-electron chi connectivity index (χ3n) is 2.64. The van der Waals surface area contributed by atoms with Crippen molar-refractivity contribution in [1.82, 2.24) is 9.97 Å². The van der Waals surface area contributed by atoms with E-state index in [4.69, 9.17) is 5.73 Å². The van der Waals surface area contributed by atoms with Crippen LogP contribution >= 0.6 is 0 Å². The van der Waals surface area contributed by atoms with Crippen molar-refractivity contribution in [2.45, 2.75) is 6.92 Å². The highest BCUT2D eigenvalue weighted by Gasteiger charge is 2.16. The van der Waals surface area contributed by atoms with Crippen LogP contribution in [-0.2, 0) is 0 Å². The molecule has 8 heteroatoms. The van der Waals surface area contributed by atoms with Crippen molar-refractivity contribution in [1.29, 1.82) is 0 Å². The number of nitrogen functional groups attached to an aromatic ring is 1. The summed E-state index contributed by atoms with van der Waals surface area (Å²) in [6.07, 6.45) is 2.58. The van der Waals surface area contributed by atoms with E-state index in [1.165, 1.54) is 24.5 Å². The zero-order valence-corrected chi connectivity index (χ0v) is 10.5. The molecule has 0 aliphatic heterocycles. The van der Waals surface area contributed by atoms with E-state index in [1.807, 2.05) is 0 Å². The number of nitrogens with zero attached hydrogens (tertiary/aromatic N) is 3. The lowest BCUT2D eigenvalue weighted by atomic mass is 10.1. The van der Waals surface area contributed by atoms with Crippen molar-refractivity contribution in [2.75, 3.05) is 11.1 Å². The maximum atomic E-state index is 12.0. The standard InChI is InChI=1S/C12H11N5O3/c1-7-8(3-2-4-10(7)17(19)20)16-12(18)9-5-14-6-11(13)15-9/h2-6H,1H3,(H2,13,15)(H,16,18). The van der Waals surface area contributed by atoms with Crippen LogP contribution in [0.15, 0.2) is 30.6 Å². The van der Waals surface area contributed by atoms with Crippen molar-refractivity contribution in [2.24, 2.45) is 0 Å². The predicted molar refractivity (Wildman–Crippen MR) is 72.2 cm³/mol. The van der Waals surface area contributed by atoms with Gasteiger partial charge in [-0.3, -0.25) is 19.9 Å². The molecular weight excluding hydrogens is 262 g/mol. The van der Waals surface area contributed by atoms with Gasteiger partial charge in [-0.1, -0.05) is 6.07 Å². The molecule has 0 radical (unpaired) electrons. The normalized spacial score (nSPS) is 10.1. The summed E-state index contributed by atoms with van der Waals surface area (Å²) in [7, 11) is 0. The number of rotatable bonds is 3. The van der Waals surface area contributed by atoms with Crippen molar-refractivity contribution in [3.8, 4) is 0 Å². The van der Waals surface area contributed by atoms with Gasteiger partial charge in [0.25, 0.3) is 11.6 Å². The highest BCUT2D eigenvalue weighted by atomic mass is 16.6. The molecule has 1 aromatic carbocycles. The summed E-state index contributed by atoms with van der Waals surface area (Å²) in [5, 5.41) is 13.4. The van der Waals surface area contributed by atoms with Crippen molar-refractivity contribution in [3.63, 3.8) is 0 Å². The Morgan fingerprint density at radius 2 is 2.15 bits per heavy atom. The quantitative estimate of drug-likeness (QED) is 0.645. The highest BCUT2D eigenvalue weighted by Crippen LogP contribution is 2.25. The highest BCUT2D eigenvalue weighted by molar-refractivity contribution is 6.03. The average molecular weight is 273 g/mol. The first-order chi connectivity index (χ1) is 9.49. The lowest BCUT2D eigenvalue weighted by Crippen LogP contribution is -2.15. The number of carbonyl (C=O) groups excluding carboxylic acids is 1. The number of nitro groups is 1. The number of nitrogens with one attached hydrogen (secondary N) is 1. The van der Waals surface area contributed by atoms with Crippen LogP contribution in [0, 0.1) is 17.0 Å². The molecule has 1 aromatic heterocycles. The minimum Gasteiger partial charge on any atom is -0.382 e. The number of carbonyl (C=O) groups is 1. The van der Waals surface area contributed by atoms with Gasteiger partial charge in [0.15, 0.2) is 0 Å². The SMILES string of the molecule is Cc1c(NC(=O)c2cncc(N)n2)cccc1[N+](=O)[O-]. The summed E-state index contributed by atoms with van der Waals surface area (Å²) in [5.41, 5.74) is 6.12. The summed E-state index contributed by atoms with van der Waals surface area (Å²) in [6, 6.07) is 4.43.